The first kappa shape index (κ1) is 14.6. The Hall–Kier alpha value is -2.37. The van der Waals surface area contributed by atoms with Crippen molar-refractivity contribution in [2.24, 2.45) is 0 Å². The van der Waals surface area contributed by atoms with Crippen LogP contribution in [0.15, 0.2) is 42.5 Å². The third-order valence-electron chi connectivity index (χ3n) is 3.49. The molecule has 0 bridgehead atoms. The molecule has 3 rings (SSSR count). The number of phenols is 1. The number of benzene rings is 2. The van der Waals surface area contributed by atoms with Crippen LogP contribution in [0, 0.1) is 0 Å². The third-order valence-corrected chi connectivity index (χ3v) is 3.49. The summed E-state index contributed by atoms with van der Waals surface area (Å²) in [6.45, 7) is 0.465. The van der Waals surface area contributed by atoms with Gasteiger partial charge in [0.2, 0.25) is 0 Å². The van der Waals surface area contributed by atoms with Crippen LogP contribution in [0.2, 0.25) is 0 Å². The number of rotatable bonds is 2. The van der Waals surface area contributed by atoms with Gasteiger partial charge in [0.05, 0.1) is 17.8 Å². The minimum absolute atomic E-state index is 0.131. The van der Waals surface area contributed by atoms with E-state index in [1.807, 2.05) is 0 Å². The van der Waals surface area contributed by atoms with Crippen molar-refractivity contribution in [1.29, 1.82) is 0 Å². The lowest BCUT2D eigenvalue weighted by molar-refractivity contribution is -0.137. The van der Waals surface area contributed by atoms with Gasteiger partial charge in [0, 0.05) is 12.5 Å². The second-order valence-corrected chi connectivity index (χ2v) is 5.20. The molecule has 2 N–H and O–H groups in total. The van der Waals surface area contributed by atoms with E-state index in [9.17, 15) is 18.3 Å². The fourth-order valence-corrected chi connectivity index (χ4v) is 2.46. The summed E-state index contributed by atoms with van der Waals surface area (Å²) in [6.07, 6.45) is -4.23. The maximum Gasteiger partial charge on any atom is 0.416 e. The van der Waals surface area contributed by atoms with Gasteiger partial charge in [0.15, 0.2) is 0 Å². The molecule has 0 saturated heterocycles. The molecule has 0 spiro atoms. The van der Waals surface area contributed by atoms with E-state index in [0.717, 1.165) is 12.1 Å². The number of fused-ring (bicyclic) bond motifs is 1. The molecule has 0 fully saturated rings. The van der Waals surface area contributed by atoms with E-state index in [0.29, 0.717) is 30.0 Å². The van der Waals surface area contributed by atoms with Crippen LogP contribution in [-0.4, -0.2) is 17.8 Å². The molecule has 0 saturated carbocycles. The molecule has 1 aliphatic heterocycles. The highest BCUT2D eigenvalue weighted by atomic mass is 19.4. The van der Waals surface area contributed by atoms with Crippen LogP contribution in [0.5, 0.6) is 11.5 Å². The number of halogens is 3. The number of hydrogen-bond acceptors (Lipinski definition) is 3. The molecular formula is C16H14F3NO2. The lowest BCUT2D eigenvalue weighted by Gasteiger charge is -2.27. The van der Waals surface area contributed by atoms with Gasteiger partial charge in [-0.05, 0) is 23.8 Å². The zero-order valence-electron chi connectivity index (χ0n) is 11.5. The average Bonchev–Trinajstić information content (AvgIpc) is 2.47. The highest BCUT2D eigenvalue weighted by Gasteiger charge is 2.30. The van der Waals surface area contributed by atoms with Gasteiger partial charge < -0.3 is 15.2 Å². The SMILES string of the molecule is Oc1ccc2c(c1)NCC(Cc1cccc(C(F)(F)F)c1)O2. The van der Waals surface area contributed by atoms with Crippen molar-refractivity contribution >= 4 is 5.69 Å². The van der Waals surface area contributed by atoms with E-state index in [1.165, 1.54) is 12.1 Å². The van der Waals surface area contributed by atoms with Gasteiger partial charge in [0.25, 0.3) is 0 Å². The second-order valence-electron chi connectivity index (χ2n) is 5.20. The fourth-order valence-electron chi connectivity index (χ4n) is 2.46. The Balaban J connectivity index is 1.74. The number of alkyl halides is 3. The van der Waals surface area contributed by atoms with Gasteiger partial charge in [0.1, 0.15) is 17.6 Å². The Labute approximate surface area is 125 Å². The van der Waals surface area contributed by atoms with E-state index in [4.69, 9.17) is 4.74 Å². The number of anilines is 1. The molecule has 6 heteroatoms. The minimum Gasteiger partial charge on any atom is -0.508 e. The topological polar surface area (TPSA) is 41.5 Å². The van der Waals surface area contributed by atoms with Crippen molar-refractivity contribution in [2.75, 3.05) is 11.9 Å². The highest BCUT2D eigenvalue weighted by molar-refractivity contribution is 5.60. The molecule has 3 nitrogen and oxygen atoms in total. The molecule has 2 aromatic rings. The van der Waals surface area contributed by atoms with Crippen molar-refractivity contribution in [3.63, 3.8) is 0 Å². The van der Waals surface area contributed by atoms with Gasteiger partial charge >= 0.3 is 6.18 Å². The molecule has 1 aliphatic rings. The molecule has 2 aromatic carbocycles. The van der Waals surface area contributed by atoms with Crippen LogP contribution in [0.25, 0.3) is 0 Å². The van der Waals surface area contributed by atoms with Gasteiger partial charge in [-0.2, -0.15) is 13.2 Å². The molecule has 0 amide bonds. The smallest absolute Gasteiger partial charge is 0.416 e. The lowest BCUT2D eigenvalue weighted by atomic mass is 10.0. The minimum atomic E-state index is -4.34. The largest absolute Gasteiger partial charge is 0.508 e. The first-order valence-corrected chi connectivity index (χ1v) is 6.81. The summed E-state index contributed by atoms with van der Waals surface area (Å²) in [4.78, 5) is 0. The second kappa shape index (κ2) is 5.44. The Morgan fingerprint density at radius 3 is 2.77 bits per heavy atom. The summed E-state index contributed by atoms with van der Waals surface area (Å²) in [5.74, 6) is 0.715. The van der Waals surface area contributed by atoms with Crippen LogP contribution < -0.4 is 10.1 Å². The van der Waals surface area contributed by atoms with E-state index in [-0.39, 0.29) is 11.9 Å². The first-order valence-electron chi connectivity index (χ1n) is 6.81. The molecule has 116 valence electrons. The molecular weight excluding hydrogens is 295 g/mol. The Morgan fingerprint density at radius 2 is 2.00 bits per heavy atom. The van der Waals surface area contributed by atoms with Crippen molar-refractivity contribution in [3.05, 3.63) is 53.6 Å². The molecule has 22 heavy (non-hydrogen) atoms. The van der Waals surface area contributed by atoms with E-state index < -0.39 is 11.7 Å². The number of aromatic hydroxyl groups is 1. The van der Waals surface area contributed by atoms with E-state index in [2.05, 4.69) is 5.32 Å². The molecule has 0 aliphatic carbocycles. The molecule has 0 aromatic heterocycles. The Morgan fingerprint density at radius 1 is 1.18 bits per heavy atom. The summed E-state index contributed by atoms with van der Waals surface area (Å²) in [5, 5.41) is 12.5. The summed E-state index contributed by atoms with van der Waals surface area (Å²) in [6, 6.07) is 9.96. The number of hydrogen-bond donors (Lipinski definition) is 2. The van der Waals surface area contributed by atoms with Crippen molar-refractivity contribution in [3.8, 4) is 11.5 Å². The maximum atomic E-state index is 12.7. The third kappa shape index (κ3) is 3.10. The fraction of sp³-hybridized carbons (Fsp3) is 0.250. The number of phenolic OH excluding ortho intramolecular Hbond substituents is 1. The average molecular weight is 309 g/mol. The Bertz CT molecular complexity index is 685. The summed E-state index contributed by atoms with van der Waals surface area (Å²) in [5.41, 5.74) is 0.600. The van der Waals surface area contributed by atoms with Gasteiger partial charge in [-0.25, -0.2) is 0 Å². The number of nitrogens with one attached hydrogen (secondary N) is 1. The van der Waals surface area contributed by atoms with E-state index in [1.54, 1.807) is 18.2 Å². The van der Waals surface area contributed by atoms with Crippen LogP contribution in [0.3, 0.4) is 0 Å². The monoisotopic (exact) mass is 309 g/mol. The zero-order chi connectivity index (χ0) is 15.7. The highest BCUT2D eigenvalue weighted by Crippen LogP contribution is 2.33. The standard InChI is InChI=1S/C16H14F3NO2/c17-16(18,19)11-3-1-2-10(6-11)7-13-9-20-14-8-12(21)4-5-15(14)22-13/h1-6,8,13,20-21H,7,9H2. The molecule has 1 heterocycles. The number of ether oxygens (including phenoxy) is 1. The van der Waals surface area contributed by atoms with Crippen LogP contribution in [0.4, 0.5) is 18.9 Å². The summed E-state index contributed by atoms with van der Waals surface area (Å²) < 4.78 is 43.9. The zero-order valence-corrected chi connectivity index (χ0v) is 11.5. The normalized spacial score (nSPS) is 17.3. The van der Waals surface area contributed by atoms with Crippen molar-refractivity contribution < 1.29 is 23.0 Å². The van der Waals surface area contributed by atoms with Gasteiger partial charge in [-0.1, -0.05) is 18.2 Å². The quantitative estimate of drug-likeness (QED) is 0.886. The van der Waals surface area contributed by atoms with Gasteiger partial charge in [-0.3, -0.25) is 0 Å². The predicted molar refractivity (Wildman–Crippen MR) is 76.2 cm³/mol. The maximum absolute atomic E-state index is 12.7. The van der Waals surface area contributed by atoms with Crippen molar-refractivity contribution in [2.45, 2.75) is 18.7 Å². The molecule has 1 atom stereocenters. The summed E-state index contributed by atoms with van der Waals surface area (Å²) in [7, 11) is 0. The first-order chi connectivity index (χ1) is 10.4. The lowest BCUT2D eigenvalue weighted by Crippen LogP contribution is -2.32. The van der Waals surface area contributed by atoms with Crippen molar-refractivity contribution in [1.82, 2.24) is 0 Å². The van der Waals surface area contributed by atoms with Gasteiger partial charge in [-0.15, -0.1) is 0 Å². The molecule has 1 unspecified atom stereocenters. The summed E-state index contributed by atoms with van der Waals surface area (Å²) >= 11 is 0. The predicted octanol–water partition coefficient (Wildman–Crippen LogP) is 3.83. The Kier molecular flexibility index (Phi) is 3.60. The molecule has 0 radical (unpaired) electrons. The van der Waals surface area contributed by atoms with Crippen LogP contribution in [0.1, 0.15) is 11.1 Å². The van der Waals surface area contributed by atoms with Crippen LogP contribution in [-0.2, 0) is 12.6 Å². The van der Waals surface area contributed by atoms with E-state index >= 15 is 0 Å². The van der Waals surface area contributed by atoms with Crippen LogP contribution >= 0.6 is 0 Å².